The smallest absolute Gasteiger partial charge is 0.262 e. The van der Waals surface area contributed by atoms with Crippen LogP contribution in [-0.2, 0) is 9.59 Å². The van der Waals surface area contributed by atoms with Crippen molar-refractivity contribution in [2.45, 2.75) is 37.6 Å². The number of aromatic nitrogens is 1. The predicted molar refractivity (Wildman–Crippen MR) is 172 cm³/mol. The van der Waals surface area contributed by atoms with E-state index in [1.807, 2.05) is 48.5 Å². The summed E-state index contributed by atoms with van der Waals surface area (Å²) in [5, 5.41) is 2.23. The van der Waals surface area contributed by atoms with Crippen molar-refractivity contribution in [2.24, 2.45) is 5.73 Å². The Labute approximate surface area is 270 Å². The van der Waals surface area contributed by atoms with Gasteiger partial charge in [0.1, 0.15) is 17.5 Å². The minimum atomic E-state index is -1.00. The van der Waals surface area contributed by atoms with Crippen molar-refractivity contribution < 1.29 is 28.7 Å². The summed E-state index contributed by atoms with van der Waals surface area (Å²) in [5.41, 5.74) is 9.84. The molecule has 2 fully saturated rings. The molecule has 1 aromatic heterocycles. The van der Waals surface area contributed by atoms with Crippen LogP contribution in [0.1, 0.15) is 68.2 Å². The third-order valence-electron chi connectivity index (χ3n) is 9.05. The molecule has 2 saturated heterocycles. The summed E-state index contributed by atoms with van der Waals surface area (Å²) in [5.74, 6) is -1.04. The number of carbonyl (C=O) groups is 5. The van der Waals surface area contributed by atoms with Gasteiger partial charge in [-0.3, -0.25) is 39.2 Å². The highest BCUT2D eigenvalue weighted by Gasteiger charge is 2.44. The Morgan fingerprint density at radius 2 is 1.57 bits per heavy atom. The number of fused-ring (bicyclic) bond motifs is 1. The normalized spacial score (nSPS) is 18.3. The highest BCUT2D eigenvalue weighted by molar-refractivity contribution is 6.23. The third kappa shape index (κ3) is 5.71. The lowest BCUT2D eigenvalue weighted by atomic mass is 9.85. The molecule has 3 aliphatic heterocycles. The Hall–Kier alpha value is -5.84. The van der Waals surface area contributed by atoms with E-state index in [-0.39, 0.29) is 29.9 Å². The topological polar surface area (TPSA) is 152 Å². The molecule has 4 aromatic rings. The second-order valence-corrected chi connectivity index (χ2v) is 11.9. The first-order valence-electron chi connectivity index (χ1n) is 15.5. The molecule has 1 atom stereocenters. The number of benzene rings is 3. The van der Waals surface area contributed by atoms with Crippen molar-refractivity contribution >= 4 is 35.2 Å². The van der Waals surface area contributed by atoms with Crippen LogP contribution in [0, 0.1) is 0 Å². The molecular weight excluding hydrogens is 598 g/mol. The molecule has 0 spiro atoms. The summed E-state index contributed by atoms with van der Waals surface area (Å²) in [7, 11) is 0. The molecule has 11 heteroatoms. The molecule has 3 N–H and O–H groups in total. The van der Waals surface area contributed by atoms with Crippen molar-refractivity contribution in [3.63, 3.8) is 0 Å². The number of para-hydroxylation sites is 1. The van der Waals surface area contributed by atoms with E-state index in [0.717, 1.165) is 34.6 Å². The molecular formula is C36H31N5O6. The summed E-state index contributed by atoms with van der Waals surface area (Å²) in [6.45, 7) is 1.41. The summed E-state index contributed by atoms with van der Waals surface area (Å²) < 4.78 is 6.13. The maximum atomic E-state index is 13.4. The van der Waals surface area contributed by atoms with E-state index in [9.17, 15) is 24.0 Å². The number of nitrogens with zero attached hydrogens (tertiary/aromatic N) is 3. The standard InChI is InChI=1S/C36H31N5O6/c37-33(43)22-6-11-30(38-20-22)28-19-25(47-24-4-2-1-3-5-24)8-10-26(28)21-14-16-40(17-15-21)23-7-9-27-29(18-23)36(46)41(35(27)45)31-12-13-32(42)39-34(31)44/h1-11,18-21,31H,12-17H2,(H2,37,43)(H,39,42,44). The number of nitrogens with one attached hydrogen (secondary N) is 1. The Balaban J connectivity index is 1.10. The lowest BCUT2D eigenvalue weighted by Gasteiger charge is -2.34. The fourth-order valence-electron chi connectivity index (χ4n) is 6.60. The Morgan fingerprint density at radius 1 is 0.809 bits per heavy atom. The lowest BCUT2D eigenvalue weighted by molar-refractivity contribution is -0.136. The average molecular weight is 630 g/mol. The van der Waals surface area contributed by atoms with Crippen LogP contribution in [0.25, 0.3) is 11.3 Å². The Bertz CT molecular complexity index is 1920. The van der Waals surface area contributed by atoms with Crippen LogP contribution >= 0.6 is 0 Å². The zero-order valence-corrected chi connectivity index (χ0v) is 25.3. The first kappa shape index (κ1) is 29.8. The van der Waals surface area contributed by atoms with Crippen LogP contribution in [-0.4, -0.2) is 58.6 Å². The van der Waals surface area contributed by atoms with Gasteiger partial charge in [0, 0.05) is 37.0 Å². The van der Waals surface area contributed by atoms with Gasteiger partial charge in [0.15, 0.2) is 0 Å². The number of nitrogens with two attached hydrogens (primary N) is 1. The van der Waals surface area contributed by atoms with Gasteiger partial charge < -0.3 is 15.4 Å². The number of primary amides is 1. The Kier molecular flexibility index (Phi) is 7.72. The number of hydrogen-bond donors (Lipinski definition) is 2. The highest BCUT2D eigenvalue weighted by Crippen LogP contribution is 2.39. The summed E-state index contributed by atoms with van der Waals surface area (Å²) in [4.78, 5) is 69.9. The molecule has 1 unspecified atom stereocenters. The van der Waals surface area contributed by atoms with Crippen LogP contribution in [0.2, 0.25) is 0 Å². The van der Waals surface area contributed by atoms with E-state index in [4.69, 9.17) is 10.5 Å². The van der Waals surface area contributed by atoms with Gasteiger partial charge in [-0.25, -0.2) is 0 Å². The molecule has 0 saturated carbocycles. The van der Waals surface area contributed by atoms with Gasteiger partial charge in [0.2, 0.25) is 17.7 Å². The minimum Gasteiger partial charge on any atom is -0.457 e. The van der Waals surface area contributed by atoms with E-state index < -0.39 is 35.6 Å². The van der Waals surface area contributed by atoms with Crippen LogP contribution in [0.5, 0.6) is 11.5 Å². The Morgan fingerprint density at radius 3 is 2.28 bits per heavy atom. The second-order valence-electron chi connectivity index (χ2n) is 11.9. The second kappa shape index (κ2) is 12.2. The predicted octanol–water partition coefficient (Wildman–Crippen LogP) is 4.43. The number of hydrogen-bond acceptors (Lipinski definition) is 8. The molecule has 3 aromatic carbocycles. The average Bonchev–Trinajstić information content (AvgIpc) is 3.33. The number of anilines is 1. The van der Waals surface area contributed by atoms with Crippen molar-refractivity contribution in [3.05, 3.63) is 107 Å². The molecule has 47 heavy (non-hydrogen) atoms. The number of piperidine rings is 2. The monoisotopic (exact) mass is 629 g/mol. The summed E-state index contributed by atoms with van der Waals surface area (Å²) in [6, 6.07) is 23.2. The molecule has 7 rings (SSSR count). The van der Waals surface area contributed by atoms with E-state index in [1.54, 1.807) is 24.3 Å². The molecule has 11 nitrogen and oxygen atoms in total. The van der Waals surface area contributed by atoms with Crippen LogP contribution in [0.4, 0.5) is 5.69 Å². The fraction of sp³-hybridized carbons (Fsp3) is 0.222. The molecule has 0 radical (unpaired) electrons. The number of amides is 5. The highest BCUT2D eigenvalue weighted by atomic mass is 16.5. The van der Waals surface area contributed by atoms with Crippen molar-refractivity contribution in [3.8, 4) is 22.8 Å². The maximum Gasteiger partial charge on any atom is 0.262 e. The maximum absolute atomic E-state index is 13.4. The van der Waals surface area contributed by atoms with Gasteiger partial charge in [0.25, 0.3) is 11.8 Å². The molecule has 236 valence electrons. The van der Waals surface area contributed by atoms with Crippen molar-refractivity contribution in [1.82, 2.24) is 15.2 Å². The molecule has 0 bridgehead atoms. The fourth-order valence-corrected chi connectivity index (χ4v) is 6.60. The van der Waals surface area contributed by atoms with Gasteiger partial charge in [-0.2, -0.15) is 0 Å². The molecule has 4 heterocycles. The lowest BCUT2D eigenvalue weighted by Crippen LogP contribution is -2.54. The van der Waals surface area contributed by atoms with E-state index in [0.29, 0.717) is 35.8 Å². The molecule has 3 aliphatic rings. The largest absolute Gasteiger partial charge is 0.457 e. The van der Waals surface area contributed by atoms with Gasteiger partial charge in [-0.15, -0.1) is 0 Å². The summed E-state index contributed by atoms with van der Waals surface area (Å²) in [6.07, 6.45) is 3.30. The number of rotatable bonds is 7. The first-order chi connectivity index (χ1) is 22.8. The number of ether oxygens (including phenoxy) is 1. The number of imide groups is 2. The van der Waals surface area contributed by atoms with Crippen LogP contribution < -0.4 is 20.7 Å². The van der Waals surface area contributed by atoms with Crippen molar-refractivity contribution in [2.75, 3.05) is 18.0 Å². The van der Waals surface area contributed by atoms with E-state index in [2.05, 4.69) is 21.3 Å². The van der Waals surface area contributed by atoms with Gasteiger partial charge in [-0.1, -0.05) is 24.3 Å². The van der Waals surface area contributed by atoms with Crippen LogP contribution in [0.15, 0.2) is 85.1 Å². The van der Waals surface area contributed by atoms with Gasteiger partial charge >= 0.3 is 0 Å². The zero-order chi connectivity index (χ0) is 32.7. The molecule has 5 amide bonds. The SMILES string of the molecule is NC(=O)c1ccc(-c2cc(Oc3ccccc3)ccc2C2CCN(c3ccc4c(c3)C(=O)N(C3CCC(=O)NC3=O)C4=O)CC2)nc1. The number of carbonyl (C=O) groups excluding carboxylic acids is 5. The summed E-state index contributed by atoms with van der Waals surface area (Å²) >= 11 is 0. The van der Waals surface area contributed by atoms with Gasteiger partial charge in [-0.05, 0) is 85.3 Å². The van der Waals surface area contributed by atoms with E-state index in [1.165, 1.54) is 6.20 Å². The minimum absolute atomic E-state index is 0.0727. The number of pyridine rings is 1. The van der Waals surface area contributed by atoms with Gasteiger partial charge in [0.05, 0.1) is 22.4 Å². The first-order valence-corrected chi connectivity index (χ1v) is 15.5. The molecule has 0 aliphatic carbocycles. The van der Waals surface area contributed by atoms with E-state index >= 15 is 0 Å². The van der Waals surface area contributed by atoms with Crippen molar-refractivity contribution in [1.29, 1.82) is 0 Å². The quantitative estimate of drug-likeness (QED) is 0.285. The van der Waals surface area contributed by atoms with Crippen LogP contribution in [0.3, 0.4) is 0 Å². The third-order valence-corrected chi connectivity index (χ3v) is 9.05. The zero-order valence-electron chi connectivity index (χ0n) is 25.3.